The lowest BCUT2D eigenvalue weighted by Gasteiger charge is -2.18. The Bertz CT molecular complexity index is 310. The van der Waals surface area contributed by atoms with Gasteiger partial charge in [0, 0.05) is 19.6 Å². The van der Waals surface area contributed by atoms with E-state index in [1.807, 2.05) is 6.92 Å². The number of guanidine groups is 1. The van der Waals surface area contributed by atoms with E-state index in [4.69, 9.17) is 0 Å². The van der Waals surface area contributed by atoms with Crippen molar-refractivity contribution in [2.24, 2.45) is 10.9 Å². The Labute approximate surface area is 125 Å². The number of hydrogen-bond acceptors (Lipinski definition) is 3. The third-order valence-corrected chi connectivity index (χ3v) is 2.75. The molecule has 0 fully saturated rings. The van der Waals surface area contributed by atoms with Crippen LogP contribution in [0.25, 0.3) is 0 Å². The van der Waals surface area contributed by atoms with Gasteiger partial charge in [-0.3, -0.25) is 9.79 Å². The van der Waals surface area contributed by atoms with Crippen molar-refractivity contribution in [1.82, 2.24) is 10.6 Å². The third-order valence-electron chi connectivity index (χ3n) is 2.75. The lowest BCUT2D eigenvalue weighted by Crippen LogP contribution is -2.44. The predicted molar refractivity (Wildman–Crippen MR) is 83.3 cm³/mol. The standard InChI is InChI=1S/C12H21N3O2.HI/c1-9(11(16)17-3)8-14-12(13-2)15-10-6-4-5-7-10;/h4-5,9-10H,6-8H2,1-3H3,(H2,13,14,15);1H. The van der Waals surface area contributed by atoms with Gasteiger partial charge in [-0.15, -0.1) is 24.0 Å². The van der Waals surface area contributed by atoms with Gasteiger partial charge in [-0.2, -0.15) is 0 Å². The molecule has 1 aliphatic carbocycles. The number of carbonyl (C=O) groups excluding carboxylic acids is 1. The monoisotopic (exact) mass is 367 g/mol. The van der Waals surface area contributed by atoms with Crippen LogP contribution in [-0.2, 0) is 9.53 Å². The summed E-state index contributed by atoms with van der Waals surface area (Å²) in [5.41, 5.74) is 0. The largest absolute Gasteiger partial charge is 0.469 e. The van der Waals surface area contributed by atoms with Crippen molar-refractivity contribution >= 4 is 35.9 Å². The van der Waals surface area contributed by atoms with Crippen LogP contribution >= 0.6 is 24.0 Å². The summed E-state index contributed by atoms with van der Waals surface area (Å²) in [6, 6.07) is 0.412. The summed E-state index contributed by atoms with van der Waals surface area (Å²) in [5, 5.41) is 6.42. The summed E-state index contributed by atoms with van der Waals surface area (Å²) in [5.74, 6) is 0.338. The molecule has 0 saturated heterocycles. The van der Waals surface area contributed by atoms with Crippen LogP contribution in [0.4, 0.5) is 0 Å². The fourth-order valence-corrected chi connectivity index (χ4v) is 1.66. The number of rotatable bonds is 4. The first-order valence-corrected chi connectivity index (χ1v) is 5.87. The topological polar surface area (TPSA) is 62.7 Å². The molecule has 6 heteroatoms. The summed E-state index contributed by atoms with van der Waals surface area (Å²) in [6.45, 7) is 2.34. The van der Waals surface area contributed by atoms with Crippen LogP contribution < -0.4 is 10.6 Å². The Balaban J connectivity index is 0.00000289. The number of esters is 1. The van der Waals surface area contributed by atoms with Crippen LogP contribution in [0.15, 0.2) is 17.1 Å². The number of aliphatic imine (C=N–C) groups is 1. The van der Waals surface area contributed by atoms with Crippen molar-refractivity contribution in [2.75, 3.05) is 20.7 Å². The summed E-state index contributed by atoms with van der Waals surface area (Å²) < 4.78 is 4.66. The molecule has 0 aliphatic heterocycles. The molecule has 0 spiro atoms. The Morgan fingerprint density at radius 3 is 2.61 bits per heavy atom. The zero-order chi connectivity index (χ0) is 12.7. The van der Waals surface area contributed by atoms with E-state index in [0.717, 1.165) is 18.8 Å². The van der Waals surface area contributed by atoms with E-state index in [9.17, 15) is 4.79 Å². The zero-order valence-electron chi connectivity index (χ0n) is 11.1. The minimum Gasteiger partial charge on any atom is -0.469 e. The number of nitrogens with zero attached hydrogens (tertiary/aromatic N) is 1. The first-order chi connectivity index (χ1) is 8.17. The number of ether oxygens (including phenoxy) is 1. The van der Waals surface area contributed by atoms with Gasteiger partial charge in [-0.25, -0.2) is 0 Å². The molecule has 5 nitrogen and oxygen atoms in total. The van der Waals surface area contributed by atoms with E-state index in [-0.39, 0.29) is 35.9 Å². The Morgan fingerprint density at radius 2 is 2.11 bits per heavy atom. The van der Waals surface area contributed by atoms with Gasteiger partial charge in [0.15, 0.2) is 5.96 Å². The van der Waals surface area contributed by atoms with E-state index >= 15 is 0 Å². The van der Waals surface area contributed by atoms with Crippen LogP contribution in [0.5, 0.6) is 0 Å². The van der Waals surface area contributed by atoms with Crippen LogP contribution in [0.1, 0.15) is 19.8 Å². The smallest absolute Gasteiger partial charge is 0.310 e. The third kappa shape index (κ3) is 5.70. The normalized spacial score (nSPS) is 16.9. The highest BCUT2D eigenvalue weighted by Crippen LogP contribution is 2.08. The molecule has 0 heterocycles. The second kappa shape index (κ2) is 9.18. The number of halogens is 1. The summed E-state index contributed by atoms with van der Waals surface area (Å²) in [4.78, 5) is 15.3. The molecule has 1 atom stereocenters. The van der Waals surface area contributed by atoms with Gasteiger partial charge in [0.1, 0.15) is 0 Å². The number of carbonyl (C=O) groups is 1. The molecule has 0 amide bonds. The van der Waals surface area contributed by atoms with Gasteiger partial charge in [0.25, 0.3) is 0 Å². The zero-order valence-corrected chi connectivity index (χ0v) is 13.4. The Morgan fingerprint density at radius 1 is 1.50 bits per heavy atom. The maximum atomic E-state index is 11.2. The van der Waals surface area contributed by atoms with Crippen LogP contribution in [0, 0.1) is 5.92 Å². The van der Waals surface area contributed by atoms with Gasteiger partial charge in [-0.05, 0) is 12.8 Å². The molecular formula is C12H22IN3O2. The molecule has 0 aromatic rings. The molecule has 1 unspecified atom stereocenters. The van der Waals surface area contributed by atoms with Crippen molar-refractivity contribution in [3.05, 3.63) is 12.2 Å². The lowest BCUT2D eigenvalue weighted by atomic mass is 10.2. The number of nitrogens with one attached hydrogen (secondary N) is 2. The fraction of sp³-hybridized carbons (Fsp3) is 0.667. The molecule has 0 bridgehead atoms. The SMILES string of the molecule is CN=C(NCC(C)C(=O)OC)NC1CC=CC1.I. The molecule has 1 rings (SSSR count). The highest BCUT2D eigenvalue weighted by molar-refractivity contribution is 14.0. The minimum atomic E-state index is -0.213. The van der Waals surface area contributed by atoms with Crippen molar-refractivity contribution in [3.8, 4) is 0 Å². The summed E-state index contributed by atoms with van der Waals surface area (Å²) in [6.07, 6.45) is 6.35. The molecule has 1 aliphatic rings. The van der Waals surface area contributed by atoms with Gasteiger partial charge < -0.3 is 15.4 Å². The first kappa shape index (κ1) is 17.2. The number of hydrogen-bond donors (Lipinski definition) is 2. The maximum absolute atomic E-state index is 11.2. The Hall–Kier alpha value is -0.790. The molecule has 2 N–H and O–H groups in total. The lowest BCUT2D eigenvalue weighted by molar-refractivity contribution is -0.144. The van der Waals surface area contributed by atoms with E-state index in [1.165, 1.54) is 7.11 Å². The molecular weight excluding hydrogens is 345 g/mol. The van der Waals surface area contributed by atoms with Gasteiger partial charge in [-0.1, -0.05) is 19.1 Å². The highest BCUT2D eigenvalue weighted by Gasteiger charge is 2.15. The average Bonchev–Trinajstić information content (AvgIpc) is 2.85. The molecule has 18 heavy (non-hydrogen) atoms. The second-order valence-electron chi connectivity index (χ2n) is 4.16. The Kier molecular flexibility index (Phi) is 8.78. The van der Waals surface area contributed by atoms with Crippen molar-refractivity contribution < 1.29 is 9.53 Å². The van der Waals surface area contributed by atoms with Crippen molar-refractivity contribution in [3.63, 3.8) is 0 Å². The van der Waals surface area contributed by atoms with Gasteiger partial charge in [0.05, 0.1) is 13.0 Å². The molecule has 0 aromatic carbocycles. The minimum absolute atomic E-state index is 0. The molecule has 104 valence electrons. The summed E-state index contributed by atoms with van der Waals surface area (Å²) in [7, 11) is 3.12. The molecule has 0 aromatic heterocycles. The molecule has 0 radical (unpaired) electrons. The van der Waals surface area contributed by atoms with Crippen molar-refractivity contribution in [2.45, 2.75) is 25.8 Å². The predicted octanol–water partition coefficient (Wildman–Crippen LogP) is 1.30. The van der Waals surface area contributed by atoms with Gasteiger partial charge >= 0.3 is 5.97 Å². The highest BCUT2D eigenvalue weighted by atomic mass is 127. The fourth-order valence-electron chi connectivity index (χ4n) is 1.66. The van der Waals surface area contributed by atoms with Crippen molar-refractivity contribution in [1.29, 1.82) is 0 Å². The van der Waals surface area contributed by atoms with Crippen LogP contribution in [-0.4, -0.2) is 38.7 Å². The van der Waals surface area contributed by atoms with E-state index in [2.05, 4.69) is 32.5 Å². The van der Waals surface area contributed by atoms with Crippen LogP contribution in [0.3, 0.4) is 0 Å². The van der Waals surface area contributed by atoms with Gasteiger partial charge in [0.2, 0.25) is 0 Å². The molecule has 0 saturated carbocycles. The van der Waals surface area contributed by atoms with E-state index in [1.54, 1.807) is 7.05 Å². The summed E-state index contributed by atoms with van der Waals surface area (Å²) >= 11 is 0. The van der Waals surface area contributed by atoms with Crippen LogP contribution in [0.2, 0.25) is 0 Å². The number of methoxy groups -OCH3 is 1. The first-order valence-electron chi connectivity index (χ1n) is 5.87. The van der Waals surface area contributed by atoms with E-state index < -0.39 is 0 Å². The second-order valence-corrected chi connectivity index (χ2v) is 4.16. The maximum Gasteiger partial charge on any atom is 0.310 e. The average molecular weight is 367 g/mol. The quantitative estimate of drug-likeness (QED) is 0.259. The van der Waals surface area contributed by atoms with E-state index in [0.29, 0.717) is 12.6 Å².